The molecule has 1 saturated heterocycles. The second kappa shape index (κ2) is 9.22. The third kappa shape index (κ3) is 4.44. The van der Waals surface area contributed by atoms with Gasteiger partial charge in [-0.25, -0.2) is 9.07 Å². The van der Waals surface area contributed by atoms with E-state index in [9.17, 15) is 9.18 Å². The summed E-state index contributed by atoms with van der Waals surface area (Å²) >= 11 is 0. The van der Waals surface area contributed by atoms with Crippen molar-refractivity contribution in [1.29, 1.82) is 0 Å². The van der Waals surface area contributed by atoms with Gasteiger partial charge in [0.1, 0.15) is 11.5 Å². The molecule has 1 unspecified atom stereocenters. The molecule has 1 atom stereocenters. The summed E-state index contributed by atoms with van der Waals surface area (Å²) < 4.78 is 15.6. The Morgan fingerprint density at radius 3 is 2.70 bits per heavy atom. The topological polar surface area (TPSA) is 50.2 Å². The highest BCUT2D eigenvalue weighted by Crippen LogP contribution is 2.20. The summed E-state index contributed by atoms with van der Waals surface area (Å²) in [5.74, 6) is -0.533. The second-order valence-corrected chi connectivity index (χ2v) is 7.82. The predicted octanol–water partition coefficient (Wildman–Crippen LogP) is 4.10. The van der Waals surface area contributed by atoms with Crippen LogP contribution >= 0.6 is 0 Å². The third-order valence-corrected chi connectivity index (χ3v) is 5.81. The molecule has 0 bridgehead atoms. The zero-order valence-electron chi connectivity index (χ0n) is 17.2. The lowest BCUT2D eigenvalue weighted by Gasteiger charge is -2.35. The lowest BCUT2D eigenvalue weighted by molar-refractivity contribution is 0.0907. The van der Waals surface area contributed by atoms with E-state index in [1.54, 1.807) is 25.1 Å². The number of rotatable bonds is 6. The molecular formula is C24H27FN4O. The van der Waals surface area contributed by atoms with Gasteiger partial charge in [0.05, 0.1) is 17.5 Å². The third-order valence-electron chi connectivity index (χ3n) is 5.81. The molecule has 1 aromatic heterocycles. The van der Waals surface area contributed by atoms with E-state index in [1.807, 2.05) is 6.07 Å². The molecule has 5 nitrogen and oxygen atoms in total. The van der Waals surface area contributed by atoms with Crippen molar-refractivity contribution in [2.45, 2.75) is 38.8 Å². The molecule has 1 N–H and O–H groups in total. The van der Waals surface area contributed by atoms with E-state index in [0.717, 1.165) is 19.5 Å². The number of para-hydroxylation sites is 1. The number of benzene rings is 2. The van der Waals surface area contributed by atoms with Gasteiger partial charge in [-0.15, -0.1) is 0 Å². The number of carbonyl (C=O) groups excluding carboxylic acids is 1. The molecule has 0 spiro atoms. The second-order valence-electron chi connectivity index (χ2n) is 7.82. The molecular weight excluding hydrogens is 379 g/mol. The molecule has 0 aliphatic carbocycles. The first kappa shape index (κ1) is 20.3. The summed E-state index contributed by atoms with van der Waals surface area (Å²) in [6, 6.07) is 17.2. The number of aromatic nitrogens is 2. The smallest absolute Gasteiger partial charge is 0.254 e. The maximum atomic E-state index is 14.1. The fraction of sp³-hybridized carbons (Fsp3) is 0.333. The highest BCUT2D eigenvalue weighted by molar-refractivity contribution is 5.95. The fourth-order valence-corrected chi connectivity index (χ4v) is 4.12. The molecule has 2 heterocycles. The molecule has 1 aliphatic rings. The van der Waals surface area contributed by atoms with Crippen molar-refractivity contribution in [3.8, 4) is 5.69 Å². The molecule has 0 saturated carbocycles. The van der Waals surface area contributed by atoms with Crippen LogP contribution in [-0.4, -0.2) is 39.7 Å². The van der Waals surface area contributed by atoms with Gasteiger partial charge in [0.2, 0.25) is 0 Å². The first-order chi connectivity index (χ1) is 14.6. The SMILES string of the molecule is Cc1c(C(=O)NCC2CCCCN2Cc2ccccc2)cnn1-c1ccccc1F. The Hall–Kier alpha value is -2.99. The quantitative estimate of drug-likeness (QED) is 0.670. The standard InChI is InChI=1S/C24H27FN4O/c1-18-21(16-27-29(18)23-13-6-5-12-22(23)25)24(30)26-15-20-11-7-8-14-28(20)17-19-9-3-2-4-10-19/h2-6,9-10,12-13,16,20H,7-8,11,14-15,17H2,1H3,(H,26,30). The number of hydrogen-bond acceptors (Lipinski definition) is 3. The average molecular weight is 407 g/mol. The summed E-state index contributed by atoms with van der Waals surface area (Å²) in [4.78, 5) is 15.3. The average Bonchev–Trinajstić information content (AvgIpc) is 3.15. The van der Waals surface area contributed by atoms with Crippen LogP contribution in [-0.2, 0) is 6.54 Å². The Bertz CT molecular complexity index is 1000. The minimum atomic E-state index is -0.366. The van der Waals surface area contributed by atoms with Gasteiger partial charge in [0.15, 0.2) is 0 Å². The fourth-order valence-electron chi connectivity index (χ4n) is 4.12. The van der Waals surface area contributed by atoms with Gasteiger partial charge < -0.3 is 5.32 Å². The van der Waals surface area contributed by atoms with Crippen molar-refractivity contribution in [3.05, 3.63) is 83.4 Å². The monoisotopic (exact) mass is 406 g/mol. The van der Waals surface area contributed by atoms with Crippen LogP contribution in [0, 0.1) is 12.7 Å². The van der Waals surface area contributed by atoms with Crippen molar-refractivity contribution in [2.24, 2.45) is 0 Å². The number of carbonyl (C=O) groups is 1. The van der Waals surface area contributed by atoms with E-state index in [1.165, 1.54) is 35.4 Å². The van der Waals surface area contributed by atoms with Crippen molar-refractivity contribution in [2.75, 3.05) is 13.1 Å². The lowest BCUT2D eigenvalue weighted by Crippen LogP contribution is -2.46. The molecule has 30 heavy (non-hydrogen) atoms. The zero-order chi connectivity index (χ0) is 20.9. The van der Waals surface area contributed by atoms with E-state index in [-0.39, 0.29) is 11.7 Å². The van der Waals surface area contributed by atoms with Crippen LogP contribution in [0.5, 0.6) is 0 Å². The van der Waals surface area contributed by atoms with Crippen molar-refractivity contribution in [1.82, 2.24) is 20.0 Å². The highest BCUT2D eigenvalue weighted by atomic mass is 19.1. The predicted molar refractivity (Wildman–Crippen MR) is 115 cm³/mol. The van der Waals surface area contributed by atoms with E-state index in [0.29, 0.717) is 29.5 Å². The van der Waals surface area contributed by atoms with Gasteiger partial charge in [-0.3, -0.25) is 9.69 Å². The Labute approximate surface area is 176 Å². The van der Waals surface area contributed by atoms with Crippen LogP contribution in [0.25, 0.3) is 5.69 Å². The van der Waals surface area contributed by atoms with Crippen LogP contribution < -0.4 is 5.32 Å². The van der Waals surface area contributed by atoms with Gasteiger partial charge in [-0.1, -0.05) is 48.9 Å². The molecule has 1 aliphatic heterocycles. The number of nitrogens with zero attached hydrogens (tertiary/aromatic N) is 3. The first-order valence-corrected chi connectivity index (χ1v) is 10.5. The van der Waals surface area contributed by atoms with Crippen LogP contribution in [0.1, 0.15) is 40.9 Å². The molecule has 3 aromatic rings. The number of hydrogen-bond donors (Lipinski definition) is 1. The van der Waals surface area contributed by atoms with Crippen LogP contribution in [0.4, 0.5) is 4.39 Å². The van der Waals surface area contributed by atoms with Gasteiger partial charge >= 0.3 is 0 Å². The van der Waals surface area contributed by atoms with Crippen LogP contribution in [0.3, 0.4) is 0 Å². The Morgan fingerprint density at radius 2 is 1.90 bits per heavy atom. The van der Waals surface area contributed by atoms with Gasteiger partial charge in [-0.05, 0) is 44.0 Å². The molecule has 4 rings (SSSR count). The Kier molecular flexibility index (Phi) is 6.23. The molecule has 1 amide bonds. The molecule has 6 heteroatoms. The molecule has 2 aromatic carbocycles. The lowest BCUT2D eigenvalue weighted by atomic mass is 10.0. The van der Waals surface area contributed by atoms with E-state index >= 15 is 0 Å². The normalized spacial score (nSPS) is 17.1. The number of halogens is 1. The summed E-state index contributed by atoms with van der Waals surface area (Å²) in [7, 11) is 0. The van der Waals surface area contributed by atoms with Crippen LogP contribution in [0.15, 0.2) is 60.8 Å². The Morgan fingerprint density at radius 1 is 1.13 bits per heavy atom. The zero-order valence-corrected chi connectivity index (χ0v) is 17.2. The first-order valence-electron chi connectivity index (χ1n) is 10.5. The highest BCUT2D eigenvalue weighted by Gasteiger charge is 2.24. The largest absolute Gasteiger partial charge is 0.350 e. The van der Waals surface area contributed by atoms with E-state index in [2.05, 4.69) is 39.6 Å². The number of likely N-dealkylation sites (tertiary alicyclic amines) is 1. The number of amides is 1. The van der Waals surface area contributed by atoms with Crippen molar-refractivity contribution < 1.29 is 9.18 Å². The molecule has 156 valence electrons. The molecule has 1 fully saturated rings. The minimum absolute atomic E-state index is 0.166. The summed E-state index contributed by atoms with van der Waals surface area (Å²) in [6.45, 7) is 4.32. The van der Waals surface area contributed by atoms with Crippen molar-refractivity contribution in [3.63, 3.8) is 0 Å². The minimum Gasteiger partial charge on any atom is -0.350 e. The number of piperidine rings is 1. The van der Waals surface area contributed by atoms with E-state index in [4.69, 9.17) is 0 Å². The van der Waals surface area contributed by atoms with Crippen molar-refractivity contribution >= 4 is 5.91 Å². The summed E-state index contributed by atoms with van der Waals surface area (Å²) in [5, 5.41) is 7.32. The van der Waals surface area contributed by atoms with Gasteiger partial charge in [-0.2, -0.15) is 5.10 Å². The summed E-state index contributed by atoms with van der Waals surface area (Å²) in [5.41, 5.74) is 2.74. The maximum absolute atomic E-state index is 14.1. The maximum Gasteiger partial charge on any atom is 0.254 e. The van der Waals surface area contributed by atoms with Gasteiger partial charge in [0.25, 0.3) is 5.91 Å². The van der Waals surface area contributed by atoms with E-state index < -0.39 is 0 Å². The van der Waals surface area contributed by atoms with Gasteiger partial charge in [0, 0.05) is 19.1 Å². The molecule has 0 radical (unpaired) electrons. The Balaban J connectivity index is 1.42. The number of nitrogens with one attached hydrogen (secondary N) is 1. The van der Waals surface area contributed by atoms with Crippen LogP contribution in [0.2, 0.25) is 0 Å². The summed E-state index contributed by atoms with van der Waals surface area (Å²) in [6.07, 6.45) is 4.95.